The summed E-state index contributed by atoms with van der Waals surface area (Å²) in [6.45, 7) is 22.3. The number of nitrogens with zero attached hydrogens (tertiary/aromatic N) is 9. The minimum atomic E-state index is 0.630. The molecule has 3 aromatic heterocycles. The highest BCUT2D eigenvalue weighted by Gasteiger charge is 2.27. The maximum absolute atomic E-state index is 7.47. The van der Waals surface area contributed by atoms with Gasteiger partial charge in [-0.2, -0.15) is 0 Å². The number of hydrogen-bond acceptors (Lipinski definition) is 3. The first kappa shape index (κ1) is 73.1. The van der Waals surface area contributed by atoms with E-state index in [-0.39, 0.29) is 0 Å². The topological polar surface area (TPSA) is 37.6 Å². The zero-order chi connectivity index (χ0) is 82.7. The zero-order valence-electron chi connectivity index (χ0n) is 67.2. The van der Waals surface area contributed by atoms with Gasteiger partial charge in [-0.3, -0.25) is 0 Å². The van der Waals surface area contributed by atoms with Crippen LogP contribution >= 0.6 is 0 Å². The number of aromatic nitrogens is 3. The van der Waals surface area contributed by atoms with Crippen LogP contribution in [-0.4, -0.2) is 13.7 Å². The van der Waals surface area contributed by atoms with Crippen LogP contribution in [0.5, 0.6) is 0 Å². The lowest BCUT2D eigenvalue weighted by Gasteiger charge is -2.28. The molecule has 124 heavy (non-hydrogen) atoms. The molecule has 0 aliphatic rings. The van der Waals surface area contributed by atoms with Crippen LogP contribution in [0.2, 0.25) is 0 Å². The molecule has 578 valence electrons. The molecular formula is C115H73N9. The summed E-state index contributed by atoms with van der Waals surface area (Å²) in [7, 11) is 0. The minimum absolute atomic E-state index is 0.630. The lowest BCUT2D eigenvalue weighted by Crippen LogP contribution is -2.11. The molecule has 9 nitrogen and oxygen atoms in total. The second-order valence-corrected chi connectivity index (χ2v) is 31.1. The van der Waals surface area contributed by atoms with Gasteiger partial charge in [-0.05, 0) is 213 Å². The molecule has 24 rings (SSSR count). The van der Waals surface area contributed by atoms with Gasteiger partial charge in [0.15, 0.2) is 17.1 Å². The summed E-state index contributed by atoms with van der Waals surface area (Å²) in [6, 6.07) is 156. The van der Waals surface area contributed by atoms with Crippen molar-refractivity contribution >= 4 is 177 Å². The lowest BCUT2D eigenvalue weighted by atomic mass is 9.94. The molecule has 0 N–H and O–H groups in total. The summed E-state index contributed by atoms with van der Waals surface area (Å²) in [5.74, 6) is 0. The third-order valence-corrected chi connectivity index (χ3v) is 24.3. The van der Waals surface area contributed by atoms with Gasteiger partial charge in [-0.25, -0.2) is 14.5 Å². The smallest absolute Gasteiger partial charge is 0.187 e. The van der Waals surface area contributed by atoms with E-state index in [4.69, 9.17) is 19.7 Å². The molecule has 0 amide bonds. The summed E-state index contributed by atoms with van der Waals surface area (Å²) in [5.41, 5.74) is 26.9. The van der Waals surface area contributed by atoms with Crippen molar-refractivity contribution in [1.29, 1.82) is 0 Å². The Labute approximate surface area is 716 Å². The third-order valence-electron chi connectivity index (χ3n) is 24.3. The number of anilines is 9. The molecule has 0 radical (unpaired) electrons. The lowest BCUT2D eigenvalue weighted by molar-refractivity contribution is 1.18. The average molecular weight is 1580 g/mol. The zero-order valence-corrected chi connectivity index (χ0v) is 67.2. The maximum atomic E-state index is 7.47. The molecule has 3 heterocycles. The molecule has 0 aliphatic heterocycles. The van der Waals surface area contributed by atoms with Crippen LogP contribution in [-0.2, 0) is 0 Å². The summed E-state index contributed by atoms with van der Waals surface area (Å²) < 4.78 is 7.13. The Morgan fingerprint density at radius 1 is 0.177 bits per heavy atom. The van der Waals surface area contributed by atoms with Gasteiger partial charge in [0, 0.05) is 99.7 Å². The van der Waals surface area contributed by atoms with E-state index in [0.717, 1.165) is 62.6 Å². The van der Waals surface area contributed by atoms with Crippen molar-refractivity contribution in [3.63, 3.8) is 0 Å². The summed E-state index contributed by atoms with van der Waals surface area (Å²) >= 11 is 0. The predicted molar refractivity (Wildman–Crippen MR) is 520 cm³/mol. The third kappa shape index (κ3) is 12.5. The number of benzene rings is 21. The second-order valence-electron chi connectivity index (χ2n) is 31.1. The average Bonchev–Trinajstić information content (AvgIpc) is 1.57. The molecule has 21 aromatic carbocycles. The molecule has 0 aliphatic carbocycles. The van der Waals surface area contributed by atoms with Crippen molar-refractivity contribution < 1.29 is 0 Å². The van der Waals surface area contributed by atoms with Crippen LogP contribution in [0.4, 0.5) is 68.2 Å². The Morgan fingerprint density at radius 3 is 0.935 bits per heavy atom. The van der Waals surface area contributed by atoms with Gasteiger partial charge in [0.2, 0.25) is 0 Å². The number of fused-ring (bicyclic) bond motifs is 1. The van der Waals surface area contributed by atoms with Gasteiger partial charge in [0.1, 0.15) is 0 Å². The van der Waals surface area contributed by atoms with E-state index in [1.807, 2.05) is 72.8 Å². The fourth-order valence-electron chi connectivity index (χ4n) is 18.8. The van der Waals surface area contributed by atoms with E-state index in [2.05, 4.69) is 413 Å². The highest BCUT2D eigenvalue weighted by atomic mass is 15.2. The second kappa shape index (κ2) is 30.9. The highest BCUT2D eigenvalue weighted by molar-refractivity contribution is 6.30. The van der Waals surface area contributed by atoms with Gasteiger partial charge in [0.05, 0.1) is 69.9 Å². The Bertz CT molecular complexity index is 8200. The first-order chi connectivity index (χ1) is 61.4. The molecular weight excluding hydrogens is 1510 g/mol. The van der Waals surface area contributed by atoms with Gasteiger partial charge >= 0.3 is 0 Å². The van der Waals surface area contributed by atoms with Crippen molar-refractivity contribution in [3.05, 3.63) is 477 Å². The quantitative estimate of drug-likeness (QED) is 0.0804. The number of rotatable bonds is 14. The highest BCUT2D eigenvalue weighted by Crippen LogP contribution is 2.51. The van der Waals surface area contributed by atoms with E-state index in [1.54, 1.807) is 0 Å². The van der Waals surface area contributed by atoms with Crippen LogP contribution in [0.1, 0.15) is 0 Å². The predicted octanol–water partition coefficient (Wildman–Crippen LogP) is 32.7. The van der Waals surface area contributed by atoms with Gasteiger partial charge in [-0.15, -0.1) is 0 Å². The van der Waals surface area contributed by atoms with Gasteiger partial charge < -0.3 is 28.4 Å². The number of para-hydroxylation sites is 4. The van der Waals surface area contributed by atoms with E-state index in [1.165, 1.54) is 136 Å². The summed E-state index contributed by atoms with van der Waals surface area (Å²) in [6.07, 6.45) is 0. The molecule has 0 unspecified atom stereocenters. The van der Waals surface area contributed by atoms with Crippen LogP contribution < -0.4 is 14.7 Å². The van der Waals surface area contributed by atoms with E-state index < -0.39 is 0 Å². The molecule has 0 saturated heterocycles. The van der Waals surface area contributed by atoms with Crippen molar-refractivity contribution in [2.75, 3.05) is 14.7 Å². The van der Waals surface area contributed by atoms with E-state index >= 15 is 0 Å². The Morgan fingerprint density at radius 2 is 0.484 bits per heavy atom. The van der Waals surface area contributed by atoms with Crippen LogP contribution in [0.15, 0.2) is 443 Å². The standard InChI is InChI=1S/2C39H25N3.C37H23N3/c1-40-29-18-22-33(23-19-29)41(30-10-4-2-5-11-30)32-20-15-27(16-21-32)34-25-26-37-39-35(34)24-17-28-9-8-14-36(38(28)39)42(37)31-12-6-3-7-13-31;1-40-30-18-22-33(23-19-30)41(32-20-15-28(16-21-32)27-9-4-2-5-10-27)35-25-26-37-39-34(35)24-17-29-11-8-14-36(38(29)39)42(37)31-12-6-3-7-13-31;1-38-27-18-20-29(21-19-27)39(32-15-7-10-25-9-5-6-14-30(25)32)33-23-24-35-37-31(33)22-17-26-11-8-16-34(36(26)37)40(35)28-12-3-2-4-13-28/h2*2-26H;2-24H. The minimum Gasteiger partial charge on any atom is -0.311 e. The monoisotopic (exact) mass is 1580 g/mol. The van der Waals surface area contributed by atoms with E-state index in [0.29, 0.717) is 17.1 Å². The largest absolute Gasteiger partial charge is 0.311 e. The Kier molecular flexibility index (Phi) is 18.2. The fourth-order valence-corrected chi connectivity index (χ4v) is 18.8. The van der Waals surface area contributed by atoms with Crippen molar-refractivity contribution in [2.45, 2.75) is 0 Å². The van der Waals surface area contributed by atoms with E-state index in [9.17, 15) is 0 Å². The van der Waals surface area contributed by atoms with Crippen LogP contribution in [0, 0.1) is 19.7 Å². The maximum Gasteiger partial charge on any atom is 0.187 e. The van der Waals surface area contributed by atoms with Gasteiger partial charge in [-0.1, -0.05) is 279 Å². The SMILES string of the molecule is [C-]#[N+]c1ccc(N(c2ccc(-c3ccccc3)cc2)c2ccc3c4c2ccc2cccc(c24)n3-c2ccccc2)cc1.[C-]#[N+]c1ccc(N(c2cccc3ccccc23)c2ccc3c4c2ccc2cccc(c24)n3-c2ccccc2)cc1.[C-]#[N+]c1ccc(N(c2ccccc2)c2ccc(-c3ccc4c5c3ccc3cccc(c35)n4-c3ccccc3)cc2)cc1. The molecule has 0 fully saturated rings. The van der Waals surface area contributed by atoms with Gasteiger partial charge in [0.25, 0.3) is 0 Å². The van der Waals surface area contributed by atoms with Crippen molar-refractivity contribution in [2.24, 2.45) is 0 Å². The first-order valence-electron chi connectivity index (χ1n) is 41.5. The van der Waals surface area contributed by atoms with Crippen LogP contribution in [0.3, 0.4) is 0 Å². The molecule has 0 spiro atoms. The van der Waals surface area contributed by atoms with Crippen LogP contribution in [0.25, 0.3) is 162 Å². The van der Waals surface area contributed by atoms with Crippen molar-refractivity contribution in [1.82, 2.24) is 13.7 Å². The Hall–Kier alpha value is -17.3. The summed E-state index contributed by atoms with van der Waals surface area (Å²) in [4.78, 5) is 17.7. The van der Waals surface area contributed by atoms with Crippen molar-refractivity contribution in [3.8, 4) is 39.3 Å². The fraction of sp³-hybridized carbons (Fsp3) is 0. The molecule has 24 aromatic rings. The number of hydrogen-bond donors (Lipinski definition) is 0. The Balaban J connectivity index is 0.000000111. The molecule has 0 saturated carbocycles. The normalized spacial score (nSPS) is 11.4. The summed E-state index contributed by atoms with van der Waals surface area (Å²) in [5, 5.41) is 17.4. The molecule has 9 heteroatoms. The molecule has 0 atom stereocenters. The molecule has 0 bridgehead atoms. The first-order valence-corrected chi connectivity index (χ1v) is 41.5.